The Morgan fingerprint density at radius 1 is 1.20 bits per heavy atom. The lowest BCUT2D eigenvalue weighted by molar-refractivity contribution is 0.415. The molecule has 2 heterocycles. The van der Waals surface area contributed by atoms with Gasteiger partial charge in [0.25, 0.3) is 0 Å². The summed E-state index contributed by atoms with van der Waals surface area (Å²) in [4.78, 5) is 0. The van der Waals surface area contributed by atoms with Gasteiger partial charge < -0.3 is 15.4 Å². The Morgan fingerprint density at radius 3 is 2.75 bits per heavy atom. The molecule has 0 aliphatic carbocycles. The van der Waals surface area contributed by atoms with Gasteiger partial charge in [-0.25, -0.2) is 0 Å². The summed E-state index contributed by atoms with van der Waals surface area (Å²) in [5.41, 5.74) is 0.943. The zero-order valence-electron chi connectivity index (χ0n) is 11.9. The molecule has 1 aliphatic heterocycles. The van der Waals surface area contributed by atoms with Gasteiger partial charge in [-0.2, -0.15) is 5.10 Å². The minimum atomic E-state index is 0.461. The number of methoxy groups -OCH3 is 1. The maximum atomic E-state index is 5.32. The van der Waals surface area contributed by atoms with Crippen molar-refractivity contribution in [2.45, 2.75) is 25.8 Å². The monoisotopic (exact) mass is 272 g/mol. The number of anilines is 1. The minimum absolute atomic E-state index is 0.461. The first-order valence-electron chi connectivity index (χ1n) is 7.06. The van der Waals surface area contributed by atoms with Gasteiger partial charge >= 0.3 is 0 Å². The maximum absolute atomic E-state index is 5.32. The normalized spacial score (nSPS) is 16.3. The SMILES string of the molecule is COc1ccc2c(C)nnc(NC3CCNCC3)c2c1. The molecule has 2 N–H and O–H groups in total. The Bertz CT molecular complexity index is 608. The predicted molar refractivity (Wildman–Crippen MR) is 80.3 cm³/mol. The van der Waals surface area contributed by atoms with Crippen LogP contribution < -0.4 is 15.4 Å². The van der Waals surface area contributed by atoms with Crippen LogP contribution >= 0.6 is 0 Å². The van der Waals surface area contributed by atoms with Crippen LogP contribution in [0.15, 0.2) is 18.2 Å². The number of benzene rings is 1. The smallest absolute Gasteiger partial charge is 0.156 e. The molecule has 0 atom stereocenters. The highest BCUT2D eigenvalue weighted by Crippen LogP contribution is 2.28. The summed E-state index contributed by atoms with van der Waals surface area (Å²) in [6.07, 6.45) is 2.22. The van der Waals surface area contributed by atoms with Crippen molar-refractivity contribution in [1.82, 2.24) is 15.5 Å². The maximum Gasteiger partial charge on any atom is 0.156 e. The molecule has 1 fully saturated rings. The first-order valence-corrected chi connectivity index (χ1v) is 7.06. The third-order valence-electron chi connectivity index (χ3n) is 3.85. The van der Waals surface area contributed by atoms with Crippen LogP contribution in [-0.2, 0) is 0 Å². The Kier molecular flexibility index (Phi) is 3.69. The lowest BCUT2D eigenvalue weighted by Crippen LogP contribution is -2.35. The van der Waals surface area contributed by atoms with Gasteiger partial charge in [-0.15, -0.1) is 5.10 Å². The topological polar surface area (TPSA) is 59.1 Å². The zero-order chi connectivity index (χ0) is 13.9. The highest BCUT2D eigenvalue weighted by atomic mass is 16.5. The molecule has 5 heteroatoms. The molecule has 0 bridgehead atoms. The third kappa shape index (κ3) is 2.54. The second kappa shape index (κ2) is 5.63. The molecular formula is C15H20N4O. The van der Waals surface area contributed by atoms with E-state index in [9.17, 15) is 0 Å². The van der Waals surface area contributed by atoms with E-state index in [1.807, 2.05) is 25.1 Å². The van der Waals surface area contributed by atoms with Gasteiger partial charge in [0.2, 0.25) is 0 Å². The van der Waals surface area contributed by atoms with Gasteiger partial charge in [-0.05, 0) is 51.1 Å². The van der Waals surface area contributed by atoms with Crippen molar-refractivity contribution in [3.63, 3.8) is 0 Å². The van der Waals surface area contributed by atoms with E-state index in [0.717, 1.165) is 54.0 Å². The molecule has 106 valence electrons. The van der Waals surface area contributed by atoms with E-state index in [0.29, 0.717) is 6.04 Å². The van der Waals surface area contributed by atoms with Crippen LogP contribution in [0.1, 0.15) is 18.5 Å². The number of piperidine rings is 1. The molecule has 0 radical (unpaired) electrons. The van der Waals surface area contributed by atoms with Gasteiger partial charge in [0, 0.05) is 16.8 Å². The highest BCUT2D eigenvalue weighted by Gasteiger charge is 2.15. The quantitative estimate of drug-likeness (QED) is 0.896. The van der Waals surface area contributed by atoms with E-state index in [-0.39, 0.29) is 0 Å². The van der Waals surface area contributed by atoms with Gasteiger partial charge in [0.15, 0.2) is 5.82 Å². The summed E-state index contributed by atoms with van der Waals surface area (Å²) in [5.74, 6) is 1.70. The van der Waals surface area contributed by atoms with Crippen LogP contribution in [0.2, 0.25) is 0 Å². The molecule has 5 nitrogen and oxygen atoms in total. The molecule has 2 aromatic rings. The Morgan fingerprint density at radius 2 is 2.00 bits per heavy atom. The van der Waals surface area contributed by atoms with Crippen molar-refractivity contribution < 1.29 is 4.74 Å². The molecule has 20 heavy (non-hydrogen) atoms. The lowest BCUT2D eigenvalue weighted by atomic mass is 10.1. The van der Waals surface area contributed by atoms with E-state index in [2.05, 4.69) is 20.8 Å². The van der Waals surface area contributed by atoms with E-state index < -0.39 is 0 Å². The first kappa shape index (κ1) is 13.1. The summed E-state index contributed by atoms with van der Waals surface area (Å²) >= 11 is 0. The van der Waals surface area contributed by atoms with Crippen molar-refractivity contribution in [2.75, 3.05) is 25.5 Å². The molecule has 1 aliphatic rings. The number of ether oxygens (including phenoxy) is 1. The molecule has 1 aromatic heterocycles. The predicted octanol–water partition coefficient (Wildman–Crippen LogP) is 2.11. The molecule has 0 unspecified atom stereocenters. The average Bonchev–Trinajstić information content (AvgIpc) is 2.51. The molecule has 1 saturated heterocycles. The van der Waals surface area contributed by atoms with Gasteiger partial charge in [-0.3, -0.25) is 0 Å². The molecule has 0 spiro atoms. The first-order chi connectivity index (χ1) is 9.78. The number of rotatable bonds is 3. The van der Waals surface area contributed by atoms with E-state index in [4.69, 9.17) is 4.74 Å². The minimum Gasteiger partial charge on any atom is -0.497 e. The van der Waals surface area contributed by atoms with Crippen molar-refractivity contribution in [3.05, 3.63) is 23.9 Å². The Balaban J connectivity index is 1.98. The molecule has 0 amide bonds. The largest absolute Gasteiger partial charge is 0.497 e. The number of hydrogen-bond donors (Lipinski definition) is 2. The second-order valence-corrected chi connectivity index (χ2v) is 5.21. The van der Waals surface area contributed by atoms with E-state index >= 15 is 0 Å². The molecule has 3 rings (SSSR count). The summed E-state index contributed by atoms with van der Waals surface area (Å²) in [6, 6.07) is 6.50. The fourth-order valence-corrected chi connectivity index (χ4v) is 2.66. The number of fused-ring (bicyclic) bond motifs is 1. The van der Waals surface area contributed by atoms with Crippen LogP contribution in [0.5, 0.6) is 5.75 Å². The summed E-state index contributed by atoms with van der Waals surface area (Å²) in [5, 5.41) is 17.7. The summed E-state index contributed by atoms with van der Waals surface area (Å²) < 4.78 is 5.32. The number of aromatic nitrogens is 2. The molecular weight excluding hydrogens is 252 g/mol. The van der Waals surface area contributed by atoms with Crippen molar-refractivity contribution in [3.8, 4) is 5.75 Å². The Hall–Kier alpha value is -1.88. The van der Waals surface area contributed by atoms with Crippen molar-refractivity contribution in [2.24, 2.45) is 0 Å². The van der Waals surface area contributed by atoms with Gasteiger partial charge in [-0.1, -0.05) is 0 Å². The van der Waals surface area contributed by atoms with Gasteiger partial charge in [0.1, 0.15) is 5.75 Å². The Labute approximate surface area is 118 Å². The third-order valence-corrected chi connectivity index (χ3v) is 3.85. The number of nitrogens with one attached hydrogen (secondary N) is 2. The standard InChI is InChI=1S/C15H20N4O/c1-10-13-4-3-12(20-2)9-14(13)15(19-18-10)17-11-5-7-16-8-6-11/h3-4,9,11,16H,5-8H2,1-2H3,(H,17,19). The van der Waals surface area contributed by atoms with Crippen LogP contribution in [0.3, 0.4) is 0 Å². The number of hydrogen-bond acceptors (Lipinski definition) is 5. The van der Waals surface area contributed by atoms with E-state index in [1.54, 1.807) is 7.11 Å². The highest BCUT2D eigenvalue weighted by molar-refractivity contribution is 5.94. The lowest BCUT2D eigenvalue weighted by Gasteiger charge is -2.24. The van der Waals surface area contributed by atoms with Crippen LogP contribution in [-0.4, -0.2) is 36.4 Å². The van der Waals surface area contributed by atoms with Crippen molar-refractivity contribution in [1.29, 1.82) is 0 Å². The summed E-state index contributed by atoms with van der Waals surface area (Å²) in [6.45, 7) is 4.09. The molecule has 0 saturated carbocycles. The van der Waals surface area contributed by atoms with Crippen LogP contribution in [0.4, 0.5) is 5.82 Å². The van der Waals surface area contributed by atoms with E-state index in [1.165, 1.54) is 0 Å². The summed E-state index contributed by atoms with van der Waals surface area (Å²) in [7, 11) is 1.68. The fourth-order valence-electron chi connectivity index (χ4n) is 2.66. The second-order valence-electron chi connectivity index (χ2n) is 5.21. The van der Waals surface area contributed by atoms with Crippen LogP contribution in [0.25, 0.3) is 10.8 Å². The average molecular weight is 272 g/mol. The fraction of sp³-hybridized carbons (Fsp3) is 0.467. The zero-order valence-corrected chi connectivity index (χ0v) is 11.9. The molecule has 1 aromatic carbocycles. The van der Waals surface area contributed by atoms with Crippen LogP contribution in [0, 0.1) is 6.92 Å². The van der Waals surface area contributed by atoms with Gasteiger partial charge in [0.05, 0.1) is 12.8 Å². The number of nitrogens with zero attached hydrogens (tertiary/aromatic N) is 2. The van der Waals surface area contributed by atoms with Crippen molar-refractivity contribution >= 4 is 16.6 Å². The number of aryl methyl sites for hydroxylation is 1.